The Morgan fingerprint density at radius 1 is 0.946 bits per heavy atom. The summed E-state index contributed by atoms with van der Waals surface area (Å²) in [6.07, 6.45) is 0. The van der Waals surface area contributed by atoms with E-state index in [9.17, 15) is 4.79 Å². The molecule has 0 saturated carbocycles. The van der Waals surface area contributed by atoms with Crippen LogP contribution < -0.4 is 11.1 Å². The summed E-state index contributed by atoms with van der Waals surface area (Å²) in [5.74, 6) is 1.05. The van der Waals surface area contributed by atoms with Crippen LogP contribution in [-0.2, 0) is 11.3 Å². The molecule has 37 heavy (non-hydrogen) atoms. The fourth-order valence-electron chi connectivity index (χ4n) is 4.00. The van der Waals surface area contributed by atoms with Crippen LogP contribution in [-0.4, -0.2) is 35.9 Å². The van der Waals surface area contributed by atoms with Gasteiger partial charge in [-0.1, -0.05) is 47.1 Å². The first-order chi connectivity index (χ1) is 18.0. The molecule has 1 amide bonds. The van der Waals surface area contributed by atoms with Crippen molar-refractivity contribution in [1.29, 1.82) is 0 Å². The Bertz CT molecular complexity index is 1730. The monoisotopic (exact) mass is 492 g/mol. The molecule has 11 heteroatoms. The van der Waals surface area contributed by atoms with Gasteiger partial charge in [-0.3, -0.25) is 4.79 Å². The van der Waals surface area contributed by atoms with Gasteiger partial charge in [0.05, 0.1) is 11.0 Å². The number of anilines is 2. The highest BCUT2D eigenvalue weighted by Gasteiger charge is 2.21. The lowest BCUT2D eigenvalue weighted by atomic mass is 10.1. The largest absolute Gasteiger partial charge is 0.379 e. The molecule has 0 atom stereocenters. The number of nitrogen functional groups attached to an aromatic ring is 1. The lowest BCUT2D eigenvalue weighted by Gasteiger charge is -2.09. The number of hydrogen-bond donors (Lipinski definition) is 2. The number of aryl methyl sites for hydroxylation is 1. The van der Waals surface area contributed by atoms with Crippen molar-refractivity contribution in [3.63, 3.8) is 0 Å². The Balaban J connectivity index is 1.25. The smallest absolute Gasteiger partial charge is 0.258 e. The summed E-state index contributed by atoms with van der Waals surface area (Å²) < 4.78 is 11.9. The van der Waals surface area contributed by atoms with Crippen molar-refractivity contribution in [3.05, 3.63) is 78.4 Å². The molecule has 0 fully saturated rings. The van der Waals surface area contributed by atoms with Crippen LogP contribution >= 0.6 is 0 Å². The average molecular weight is 492 g/mol. The van der Waals surface area contributed by atoms with E-state index in [0.29, 0.717) is 34.3 Å². The van der Waals surface area contributed by atoms with Crippen molar-refractivity contribution < 1.29 is 13.9 Å². The van der Waals surface area contributed by atoms with E-state index in [0.717, 1.165) is 16.6 Å². The molecule has 0 unspecified atom stereocenters. The number of nitrogens with two attached hydrogens (primary N) is 1. The first-order valence-electron chi connectivity index (χ1n) is 11.4. The summed E-state index contributed by atoms with van der Waals surface area (Å²) in [5.41, 5.74) is 10.9. The molecule has 0 aliphatic carbocycles. The normalized spacial score (nSPS) is 11.2. The molecular weight excluding hydrogens is 472 g/mol. The lowest BCUT2D eigenvalue weighted by molar-refractivity contribution is -0.116. The van der Waals surface area contributed by atoms with Gasteiger partial charge in [0, 0.05) is 16.8 Å². The molecule has 11 nitrogen and oxygen atoms in total. The molecular formula is C26H20N8O3. The van der Waals surface area contributed by atoms with Crippen LogP contribution in [0.25, 0.3) is 45.4 Å². The van der Waals surface area contributed by atoms with E-state index in [-0.39, 0.29) is 24.0 Å². The van der Waals surface area contributed by atoms with Gasteiger partial charge >= 0.3 is 0 Å². The fraction of sp³-hybridized carbons (Fsp3) is 0.0769. The zero-order chi connectivity index (χ0) is 25.4. The zero-order valence-corrected chi connectivity index (χ0v) is 19.6. The minimum atomic E-state index is -0.273. The first kappa shape index (κ1) is 22.2. The Morgan fingerprint density at radius 2 is 1.78 bits per heavy atom. The second-order valence-electron chi connectivity index (χ2n) is 8.43. The molecule has 6 rings (SSSR count). The Labute approximate surface area is 209 Å². The summed E-state index contributed by atoms with van der Waals surface area (Å²) in [6.45, 7) is 1.98. The Kier molecular flexibility index (Phi) is 5.41. The van der Waals surface area contributed by atoms with Crippen LogP contribution in [0.5, 0.6) is 0 Å². The number of para-hydroxylation sites is 2. The topological polar surface area (TPSA) is 151 Å². The van der Waals surface area contributed by atoms with Crippen molar-refractivity contribution in [2.24, 2.45) is 0 Å². The standard InChI is InChI=1S/C26H20N8O3/c1-15-9-11-16(12-10-15)26-30-24(33-36-26)17-5-4-6-18(13-17)28-21(35)14-34-20-8-3-2-7-19(20)29-25(34)22-23(27)32-37-31-22/h2-13H,14H2,1H3,(H2,27,32)(H,28,35). The van der Waals surface area contributed by atoms with Gasteiger partial charge in [0.25, 0.3) is 5.89 Å². The van der Waals surface area contributed by atoms with Crippen molar-refractivity contribution in [2.75, 3.05) is 11.1 Å². The van der Waals surface area contributed by atoms with E-state index in [1.165, 1.54) is 0 Å². The minimum absolute atomic E-state index is 0.0356. The maximum atomic E-state index is 13.1. The number of fused-ring (bicyclic) bond motifs is 1. The maximum Gasteiger partial charge on any atom is 0.258 e. The highest BCUT2D eigenvalue weighted by atomic mass is 16.6. The Morgan fingerprint density at radius 3 is 2.59 bits per heavy atom. The molecule has 0 saturated heterocycles. The molecule has 0 radical (unpaired) electrons. The van der Waals surface area contributed by atoms with Crippen molar-refractivity contribution in [1.82, 2.24) is 30.0 Å². The summed E-state index contributed by atoms with van der Waals surface area (Å²) in [4.78, 5) is 22.2. The molecule has 0 spiro atoms. The van der Waals surface area contributed by atoms with E-state index in [1.807, 2.05) is 67.6 Å². The summed E-state index contributed by atoms with van der Waals surface area (Å²) in [7, 11) is 0. The van der Waals surface area contributed by atoms with Crippen molar-refractivity contribution >= 4 is 28.4 Å². The van der Waals surface area contributed by atoms with E-state index in [2.05, 4.69) is 30.8 Å². The summed E-state index contributed by atoms with van der Waals surface area (Å²) in [5, 5.41) is 14.5. The van der Waals surface area contributed by atoms with E-state index in [1.54, 1.807) is 16.7 Å². The molecule has 3 aromatic heterocycles. The van der Waals surface area contributed by atoms with Gasteiger partial charge in [-0.25, -0.2) is 9.61 Å². The molecule has 3 heterocycles. The van der Waals surface area contributed by atoms with Gasteiger partial charge in [0.1, 0.15) is 6.54 Å². The molecule has 3 N–H and O–H groups in total. The van der Waals surface area contributed by atoms with Crippen LogP contribution in [0.4, 0.5) is 11.5 Å². The highest BCUT2D eigenvalue weighted by molar-refractivity contribution is 5.93. The van der Waals surface area contributed by atoms with Gasteiger partial charge in [0.2, 0.25) is 11.7 Å². The number of carbonyl (C=O) groups is 1. The molecule has 182 valence electrons. The van der Waals surface area contributed by atoms with Crippen molar-refractivity contribution in [3.8, 4) is 34.4 Å². The molecule has 0 aliphatic rings. The number of nitrogens with zero attached hydrogens (tertiary/aromatic N) is 6. The van der Waals surface area contributed by atoms with Crippen LogP contribution in [0.2, 0.25) is 0 Å². The summed E-state index contributed by atoms with van der Waals surface area (Å²) >= 11 is 0. The zero-order valence-electron chi connectivity index (χ0n) is 19.6. The molecule has 3 aromatic carbocycles. The number of nitrogens with one attached hydrogen (secondary N) is 1. The van der Waals surface area contributed by atoms with Crippen LogP contribution in [0.1, 0.15) is 5.56 Å². The van der Waals surface area contributed by atoms with Gasteiger partial charge < -0.3 is 20.1 Å². The minimum Gasteiger partial charge on any atom is -0.379 e. The van der Waals surface area contributed by atoms with Crippen LogP contribution in [0, 0.1) is 6.92 Å². The maximum absolute atomic E-state index is 13.1. The number of imidazole rings is 1. The van der Waals surface area contributed by atoms with Gasteiger partial charge in [-0.05, 0) is 53.6 Å². The van der Waals surface area contributed by atoms with Gasteiger partial charge in [-0.15, -0.1) is 0 Å². The SMILES string of the molecule is Cc1ccc(-c2nc(-c3cccc(NC(=O)Cn4c(-c5nonc5N)nc5ccccc54)c3)no2)cc1. The number of hydrogen-bond acceptors (Lipinski definition) is 9. The lowest BCUT2D eigenvalue weighted by Crippen LogP contribution is -2.19. The molecule has 0 bridgehead atoms. The number of carbonyl (C=O) groups excluding carboxylic acids is 1. The predicted molar refractivity (Wildman–Crippen MR) is 136 cm³/mol. The fourth-order valence-corrected chi connectivity index (χ4v) is 4.00. The van der Waals surface area contributed by atoms with E-state index in [4.69, 9.17) is 14.9 Å². The molecule has 6 aromatic rings. The van der Waals surface area contributed by atoms with E-state index < -0.39 is 0 Å². The average Bonchev–Trinajstić information content (AvgIpc) is 3.64. The van der Waals surface area contributed by atoms with Crippen LogP contribution in [0.3, 0.4) is 0 Å². The first-order valence-corrected chi connectivity index (χ1v) is 11.4. The van der Waals surface area contributed by atoms with Crippen molar-refractivity contribution in [2.45, 2.75) is 13.5 Å². The number of aromatic nitrogens is 6. The Hall–Kier alpha value is -5.32. The third-order valence-electron chi connectivity index (χ3n) is 5.81. The third kappa shape index (κ3) is 4.29. The second-order valence-corrected chi connectivity index (χ2v) is 8.43. The number of benzene rings is 3. The van der Waals surface area contributed by atoms with E-state index >= 15 is 0 Å². The number of rotatable bonds is 6. The van der Waals surface area contributed by atoms with Crippen LogP contribution in [0.15, 0.2) is 81.9 Å². The number of amides is 1. The predicted octanol–water partition coefficient (Wildman–Crippen LogP) is 4.33. The highest BCUT2D eigenvalue weighted by Crippen LogP contribution is 2.27. The van der Waals surface area contributed by atoms with Gasteiger partial charge in [-0.2, -0.15) is 4.98 Å². The molecule has 0 aliphatic heterocycles. The third-order valence-corrected chi connectivity index (χ3v) is 5.81. The second kappa shape index (κ2) is 9.04. The van der Waals surface area contributed by atoms with Gasteiger partial charge in [0.15, 0.2) is 17.3 Å². The quantitative estimate of drug-likeness (QED) is 0.346. The summed E-state index contributed by atoms with van der Waals surface area (Å²) in [6, 6.07) is 22.5.